The van der Waals surface area contributed by atoms with Crippen LogP contribution in [0.3, 0.4) is 0 Å². The Kier molecular flexibility index (Phi) is 8.18. The summed E-state index contributed by atoms with van der Waals surface area (Å²) in [6.45, 7) is -1.63. The van der Waals surface area contributed by atoms with Gasteiger partial charge in [0.1, 0.15) is 0 Å². The molecule has 2 N–H and O–H groups in total. The van der Waals surface area contributed by atoms with Crippen LogP contribution in [0.15, 0.2) is 60.7 Å². The second-order valence-corrected chi connectivity index (χ2v) is 12.2. The van der Waals surface area contributed by atoms with Gasteiger partial charge in [0.2, 0.25) is 0 Å². The van der Waals surface area contributed by atoms with Crippen molar-refractivity contribution >= 4 is 0 Å². The molecule has 260 valence electrons. The van der Waals surface area contributed by atoms with Crippen molar-refractivity contribution in [3.63, 3.8) is 0 Å². The number of benzene rings is 4. The number of aliphatic hydroxyl groups is 2. The lowest BCUT2D eigenvalue weighted by atomic mass is 9.71. The molecule has 0 amide bonds. The first-order valence-electron chi connectivity index (χ1n) is 14.8. The largest absolute Gasteiger partial charge is 0.416 e. The molecule has 0 heterocycles. The van der Waals surface area contributed by atoms with Crippen LogP contribution in [0.1, 0.15) is 68.5 Å². The topological polar surface area (TPSA) is 40.5 Å². The molecule has 14 heteroatoms. The molecule has 0 saturated heterocycles. The van der Waals surface area contributed by atoms with Gasteiger partial charge in [0.15, 0.2) is 0 Å². The zero-order valence-corrected chi connectivity index (χ0v) is 24.9. The van der Waals surface area contributed by atoms with Crippen LogP contribution in [0.2, 0.25) is 0 Å². The van der Waals surface area contributed by atoms with E-state index in [1.165, 1.54) is 24.3 Å². The number of hydrogen-bond acceptors (Lipinski definition) is 2. The van der Waals surface area contributed by atoms with E-state index in [1.807, 2.05) is 0 Å². The van der Waals surface area contributed by atoms with Gasteiger partial charge in [-0.15, -0.1) is 0 Å². The first-order valence-corrected chi connectivity index (χ1v) is 14.8. The molecule has 0 bridgehead atoms. The highest BCUT2D eigenvalue weighted by atomic mass is 19.4. The molecule has 4 aromatic carbocycles. The van der Waals surface area contributed by atoms with Crippen molar-refractivity contribution in [2.45, 2.75) is 69.0 Å². The Hall–Kier alpha value is -4.04. The summed E-state index contributed by atoms with van der Waals surface area (Å²) in [6, 6.07) is 7.83. The molecule has 2 aliphatic carbocycles. The minimum absolute atomic E-state index is 0.0166. The van der Waals surface area contributed by atoms with Crippen molar-refractivity contribution < 1.29 is 62.9 Å². The molecule has 4 aromatic rings. The van der Waals surface area contributed by atoms with E-state index in [9.17, 15) is 62.9 Å². The van der Waals surface area contributed by atoms with Crippen LogP contribution in [0.25, 0.3) is 22.3 Å². The summed E-state index contributed by atoms with van der Waals surface area (Å²) < 4.78 is 165. The van der Waals surface area contributed by atoms with Crippen molar-refractivity contribution in [1.29, 1.82) is 0 Å². The number of rotatable bonds is 4. The molecular formula is C35H24F12O2. The highest BCUT2D eigenvalue weighted by molar-refractivity contribution is 5.77. The molecular weight excluding hydrogens is 680 g/mol. The average molecular weight is 705 g/mol. The maximum absolute atomic E-state index is 13.7. The predicted octanol–water partition coefficient (Wildman–Crippen LogP) is 10.3. The van der Waals surface area contributed by atoms with Crippen LogP contribution in [0.4, 0.5) is 52.7 Å². The Bertz CT molecular complexity index is 1740. The highest BCUT2D eigenvalue weighted by Gasteiger charge is 2.48. The normalized spacial score (nSPS) is 16.0. The zero-order chi connectivity index (χ0) is 35.9. The summed E-state index contributed by atoms with van der Waals surface area (Å²) >= 11 is 0. The molecule has 0 radical (unpaired) electrons. The van der Waals surface area contributed by atoms with Gasteiger partial charge in [0.25, 0.3) is 0 Å². The van der Waals surface area contributed by atoms with Crippen molar-refractivity contribution in [2.24, 2.45) is 0 Å². The van der Waals surface area contributed by atoms with E-state index < -0.39 is 76.7 Å². The van der Waals surface area contributed by atoms with Crippen LogP contribution in [0, 0.1) is 0 Å². The molecule has 0 atom stereocenters. The Balaban J connectivity index is 1.60. The molecule has 0 aromatic heterocycles. The Labute approximate surface area is 270 Å². The van der Waals surface area contributed by atoms with Gasteiger partial charge in [0.05, 0.1) is 35.5 Å². The molecule has 0 unspecified atom stereocenters. The lowest BCUT2D eigenvalue weighted by Crippen LogP contribution is -2.25. The van der Waals surface area contributed by atoms with Gasteiger partial charge in [-0.05, 0) is 118 Å². The van der Waals surface area contributed by atoms with Crippen molar-refractivity contribution in [3.05, 3.63) is 116 Å². The molecule has 2 nitrogen and oxygen atoms in total. The van der Waals surface area contributed by atoms with E-state index >= 15 is 0 Å². The molecule has 49 heavy (non-hydrogen) atoms. The van der Waals surface area contributed by atoms with Gasteiger partial charge >= 0.3 is 24.7 Å². The number of fused-ring (bicyclic) bond motifs is 4. The van der Waals surface area contributed by atoms with E-state index in [4.69, 9.17) is 0 Å². The summed E-state index contributed by atoms with van der Waals surface area (Å²) in [6.07, 6.45) is -19.3. The summed E-state index contributed by atoms with van der Waals surface area (Å²) in [5.41, 5.74) is -6.44. The van der Waals surface area contributed by atoms with Gasteiger partial charge < -0.3 is 10.2 Å². The van der Waals surface area contributed by atoms with Crippen molar-refractivity contribution in [2.75, 3.05) is 0 Å². The van der Waals surface area contributed by atoms with E-state index in [1.54, 1.807) is 0 Å². The number of halogens is 12. The van der Waals surface area contributed by atoms with E-state index in [0.717, 1.165) is 0 Å². The van der Waals surface area contributed by atoms with Crippen LogP contribution < -0.4 is 0 Å². The monoisotopic (exact) mass is 704 g/mol. The van der Waals surface area contributed by atoms with Crippen LogP contribution in [-0.2, 0) is 56.2 Å². The molecule has 0 aliphatic heterocycles. The molecule has 0 saturated carbocycles. The van der Waals surface area contributed by atoms with E-state index in [2.05, 4.69) is 0 Å². The summed E-state index contributed by atoms with van der Waals surface area (Å²) in [7, 11) is 0. The van der Waals surface area contributed by atoms with Gasteiger partial charge in [0, 0.05) is 5.41 Å². The molecule has 1 spiro atoms. The SMILES string of the molecule is OCc1c(-c2cc(C(F)(F)F)cc(C(F)(F)F)c2)ccc2c1C1(CC2)CCc2ccc(-c3cc(C(F)(F)F)cc(C(F)(F)F)c3)c(CO)c21. The molecule has 0 fully saturated rings. The predicted molar refractivity (Wildman–Crippen MR) is 153 cm³/mol. The highest BCUT2D eigenvalue weighted by Crippen LogP contribution is 2.57. The van der Waals surface area contributed by atoms with Crippen molar-refractivity contribution in [1.82, 2.24) is 0 Å². The van der Waals surface area contributed by atoms with Gasteiger partial charge in [-0.25, -0.2) is 0 Å². The number of aryl methyl sites for hydroxylation is 2. The van der Waals surface area contributed by atoms with Gasteiger partial charge in [-0.2, -0.15) is 52.7 Å². The molecule has 2 aliphatic rings. The summed E-state index contributed by atoms with van der Waals surface area (Å²) in [5.74, 6) is 0. The third-order valence-corrected chi connectivity index (χ3v) is 9.51. The summed E-state index contributed by atoms with van der Waals surface area (Å²) in [4.78, 5) is 0. The third-order valence-electron chi connectivity index (χ3n) is 9.51. The van der Waals surface area contributed by atoms with Crippen molar-refractivity contribution in [3.8, 4) is 22.3 Å². The van der Waals surface area contributed by atoms with Gasteiger partial charge in [-0.3, -0.25) is 0 Å². The first kappa shape index (κ1) is 34.8. The number of alkyl halides is 12. The minimum atomic E-state index is -5.14. The average Bonchev–Trinajstić information content (AvgIpc) is 3.59. The quantitative estimate of drug-likeness (QED) is 0.208. The maximum Gasteiger partial charge on any atom is 0.416 e. The third kappa shape index (κ3) is 5.96. The Morgan fingerprint density at radius 2 is 0.776 bits per heavy atom. The smallest absolute Gasteiger partial charge is 0.392 e. The molecule has 6 rings (SSSR count). The fourth-order valence-corrected chi connectivity index (χ4v) is 7.54. The van der Waals surface area contributed by atoms with Crippen LogP contribution in [-0.4, -0.2) is 10.2 Å². The van der Waals surface area contributed by atoms with E-state index in [0.29, 0.717) is 59.4 Å². The van der Waals surface area contributed by atoms with Crippen LogP contribution in [0.5, 0.6) is 0 Å². The lowest BCUT2D eigenvalue weighted by Gasteiger charge is -2.32. The summed E-state index contributed by atoms with van der Waals surface area (Å²) in [5, 5.41) is 21.3. The van der Waals surface area contributed by atoms with Crippen LogP contribution >= 0.6 is 0 Å². The maximum atomic E-state index is 13.7. The Morgan fingerprint density at radius 1 is 0.469 bits per heavy atom. The Morgan fingerprint density at radius 3 is 1.04 bits per heavy atom. The minimum Gasteiger partial charge on any atom is -0.392 e. The fourth-order valence-electron chi connectivity index (χ4n) is 7.54. The standard InChI is InChI=1S/C35H24F12O2/c36-32(37,38)21-9-19(10-22(13-21)33(39,40)41)25-3-1-17-5-7-31(29(17)27(25)15-48)8-6-18-2-4-26(28(16-49)30(18)31)20-11-23(34(42,43)44)14-24(12-20)35(45,46)47/h1-4,9-14,48-49H,5-8,15-16H2. The second-order valence-electron chi connectivity index (χ2n) is 12.2. The number of hydrogen-bond donors (Lipinski definition) is 2. The lowest BCUT2D eigenvalue weighted by molar-refractivity contribution is -0.144. The second kappa shape index (κ2) is 11.5. The van der Waals surface area contributed by atoms with Gasteiger partial charge in [-0.1, -0.05) is 24.3 Å². The van der Waals surface area contributed by atoms with E-state index in [-0.39, 0.29) is 47.2 Å². The zero-order valence-electron chi connectivity index (χ0n) is 24.9. The first-order chi connectivity index (χ1) is 22.7. The fraction of sp³-hybridized carbons (Fsp3) is 0.314. The number of aliphatic hydroxyl groups excluding tert-OH is 2.